The number of carbonyl (C=O) groups excluding carboxylic acids is 1. The van der Waals surface area contributed by atoms with E-state index in [-0.39, 0.29) is 23.5 Å². The fourth-order valence-electron chi connectivity index (χ4n) is 1.81. The predicted octanol–water partition coefficient (Wildman–Crippen LogP) is 1.37. The van der Waals surface area contributed by atoms with Gasteiger partial charge in [0.25, 0.3) is 5.91 Å². The van der Waals surface area contributed by atoms with Gasteiger partial charge in [0.05, 0.1) is 11.5 Å². The van der Waals surface area contributed by atoms with Gasteiger partial charge in [-0.2, -0.15) is 0 Å². The van der Waals surface area contributed by atoms with Crippen molar-refractivity contribution in [2.45, 2.75) is 12.5 Å². The Kier molecular flexibility index (Phi) is 3.53. The van der Waals surface area contributed by atoms with Gasteiger partial charge in [-0.25, -0.2) is 8.42 Å². The molecule has 1 heterocycles. The van der Waals surface area contributed by atoms with Gasteiger partial charge in [-0.05, 0) is 24.6 Å². The van der Waals surface area contributed by atoms with E-state index in [1.165, 1.54) is 0 Å². The maximum Gasteiger partial charge on any atom is 0.251 e. The minimum atomic E-state index is -2.96. The van der Waals surface area contributed by atoms with Crippen LogP contribution in [0.4, 0.5) is 0 Å². The SMILES string of the molecule is O=C(N[C@@H]1CCS(=O)(=O)C1)c1cccc(Br)c1. The summed E-state index contributed by atoms with van der Waals surface area (Å²) in [4.78, 5) is 11.8. The first-order valence-corrected chi connectivity index (χ1v) is 7.84. The normalized spacial score (nSPS) is 22.3. The van der Waals surface area contributed by atoms with Crippen LogP contribution >= 0.6 is 15.9 Å². The molecule has 0 radical (unpaired) electrons. The smallest absolute Gasteiger partial charge is 0.251 e. The highest BCUT2D eigenvalue weighted by Gasteiger charge is 2.29. The van der Waals surface area contributed by atoms with Gasteiger partial charge in [0.1, 0.15) is 0 Å². The van der Waals surface area contributed by atoms with Crippen LogP contribution in [0.1, 0.15) is 16.8 Å². The molecule has 1 saturated heterocycles. The molecule has 0 spiro atoms. The van der Waals surface area contributed by atoms with Crippen LogP contribution in [0.3, 0.4) is 0 Å². The van der Waals surface area contributed by atoms with Crippen molar-refractivity contribution in [3.05, 3.63) is 34.3 Å². The topological polar surface area (TPSA) is 63.2 Å². The summed E-state index contributed by atoms with van der Waals surface area (Å²) >= 11 is 3.29. The van der Waals surface area contributed by atoms with Gasteiger partial charge in [0, 0.05) is 16.1 Å². The van der Waals surface area contributed by atoms with Crippen molar-refractivity contribution >= 4 is 31.7 Å². The van der Waals surface area contributed by atoms with Gasteiger partial charge in [-0.3, -0.25) is 4.79 Å². The molecule has 0 saturated carbocycles. The molecule has 1 aromatic rings. The summed E-state index contributed by atoms with van der Waals surface area (Å²) in [5.74, 6) is -0.0169. The number of rotatable bonds is 2. The van der Waals surface area contributed by atoms with Crippen molar-refractivity contribution in [1.82, 2.24) is 5.32 Å². The summed E-state index contributed by atoms with van der Waals surface area (Å²) in [6, 6.07) is 6.75. The van der Waals surface area contributed by atoms with Crippen molar-refractivity contribution < 1.29 is 13.2 Å². The molecule has 0 unspecified atom stereocenters. The quantitative estimate of drug-likeness (QED) is 0.896. The number of amides is 1. The third-order valence-electron chi connectivity index (χ3n) is 2.65. The molecule has 0 aromatic heterocycles. The minimum absolute atomic E-state index is 0.0484. The van der Waals surface area contributed by atoms with Crippen molar-refractivity contribution in [2.24, 2.45) is 0 Å². The number of halogens is 1. The van der Waals surface area contributed by atoms with Crippen LogP contribution in [0.25, 0.3) is 0 Å². The van der Waals surface area contributed by atoms with E-state index in [1.807, 2.05) is 6.07 Å². The molecule has 92 valence electrons. The molecule has 1 N–H and O–H groups in total. The van der Waals surface area contributed by atoms with Gasteiger partial charge in [-0.1, -0.05) is 22.0 Å². The largest absolute Gasteiger partial charge is 0.348 e. The van der Waals surface area contributed by atoms with Gasteiger partial charge in [-0.15, -0.1) is 0 Å². The number of hydrogen-bond donors (Lipinski definition) is 1. The zero-order chi connectivity index (χ0) is 12.5. The van der Waals surface area contributed by atoms with Crippen LogP contribution < -0.4 is 5.32 Å². The fraction of sp³-hybridized carbons (Fsp3) is 0.364. The summed E-state index contributed by atoms with van der Waals surface area (Å²) < 4.78 is 23.3. The lowest BCUT2D eigenvalue weighted by Gasteiger charge is -2.10. The van der Waals surface area contributed by atoms with E-state index in [2.05, 4.69) is 21.2 Å². The standard InChI is InChI=1S/C11H12BrNO3S/c12-9-3-1-2-8(6-9)11(14)13-10-4-5-17(15,16)7-10/h1-3,6,10H,4-5,7H2,(H,13,14)/t10-/m1/s1. The fourth-order valence-corrected chi connectivity index (χ4v) is 3.88. The molecule has 1 fully saturated rings. The van der Waals surface area contributed by atoms with Crippen LogP contribution in [0.5, 0.6) is 0 Å². The maximum atomic E-state index is 11.8. The van der Waals surface area contributed by atoms with Gasteiger partial charge in [0.2, 0.25) is 0 Å². The maximum absolute atomic E-state index is 11.8. The summed E-state index contributed by atoms with van der Waals surface area (Å²) in [6.45, 7) is 0. The predicted molar refractivity (Wildman–Crippen MR) is 68.7 cm³/mol. The highest BCUT2D eigenvalue weighted by Crippen LogP contribution is 2.14. The number of hydrogen-bond acceptors (Lipinski definition) is 3. The summed E-state index contributed by atoms with van der Waals surface area (Å²) in [5, 5.41) is 2.74. The monoisotopic (exact) mass is 317 g/mol. The molecule has 1 aliphatic rings. The van der Waals surface area contributed by atoms with E-state index >= 15 is 0 Å². The number of benzene rings is 1. The zero-order valence-corrected chi connectivity index (χ0v) is 11.4. The van der Waals surface area contributed by atoms with Crippen molar-refractivity contribution in [2.75, 3.05) is 11.5 Å². The van der Waals surface area contributed by atoms with E-state index in [9.17, 15) is 13.2 Å². The van der Waals surface area contributed by atoms with Gasteiger partial charge >= 0.3 is 0 Å². The molecular weight excluding hydrogens is 306 g/mol. The molecular formula is C11H12BrNO3S. The van der Waals surface area contributed by atoms with Crippen LogP contribution in [0.2, 0.25) is 0 Å². The van der Waals surface area contributed by atoms with Crippen LogP contribution in [0.15, 0.2) is 28.7 Å². The Morgan fingerprint density at radius 2 is 2.18 bits per heavy atom. The Morgan fingerprint density at radius 1 is 1.41 bits per heavy atom. The van der Waals surface area contributed by atoms with E-state index in [1.54, 1.807) is 18.2 Å². The average molecular weight is 318 g/mol. The average Bonchev–Trinajstić information content (AvgIpc) is 2.58. The van der Waals surface area contributed by atoms with E-state index in [0.29, 0.717) is 12.0 Å². The minimum Gasteiger partial charge on any atom is -0.348 e. The summed E-state index contributed by atoms with van der Waals surface area (Å²) in [5.41, 5.74) is 0.531. The van der Waals surface area contributed by atoms with Crippen LogP contribution in [0, 0.1) is 0 Å². The lowest BCUT2D eigenvalue weighted by molar-refractivity contribution is 0.0941. The Hall–Kier alpha value is -0.880. The lowest BCUT2D eigenvalue weighted by Crippen LogP contribution is -2.35. The van der Waals surface area contributed by atoms with E-state index in [0.717, 1.165) is 4.47 Å². The second-order valence-corrected chi connectivity index (χ2v) is 7.23. The number of sulfone groups is 1. The second kappa shape index (κ2) is 4.78. The van der Waals surface area contributed by atoms with E-state index < -0.39 is 9.84 Å². The molecule has 1 amide bonds. The van der Waals surface area contributed by atoms with Crippen molar-refractivity contribution in [3.8, 4) is 0 Å². The molecule has 6 heteroatoms. The highest BCUT2D eigenvalue weighted by atomic mass is 79.9. The first kappa shape index (κ1) is 12.6. The zero-order valence-electron chi connectivity index (χ0n) is 9.02. The first-order chi connectivity index (χ1) is 7.96. The first-order valence-electron chi connectivity index (χ1n) is 5.23. The Balaban J connectivity index is 2.03. The summed E-state index contributed by atoms with van der Waals surface area (Å²) in [6.07, 6.45) is 0.502. The van der Waals surface area contributed by atoms with Crippen LogP contribution in [-0.4, -0.2) is 31.9 Å². The molecule has 2 rings (SSSR count). The second-order valence-electron chi connectivity index (χ2n) is 4.08. The lowest BCUT2D eigenvalue weighted by atomic mass is 10.2. The third-order valence-corrected chi connectivity index (χ3v) is 4.92. The summed E-state index contributed by atoms with van der Waals surface area (Å²) in [7, 11) is -2.96. The Bertz CT molecular complexity index is 541. The molecule has 1 atom stereocenters. The number of carbonyl (C=O) groups is 1. The highest BCUT2D eigenvalue weighted by molar-refractivity contribution is 9.10. The Labute approximate surface area is 108 Å². The molecule has 4 nitrogen and oxygen atoms in total. The van der Waals surface area contributed by atoms with E-state index in [4.69, 9.17) is 0 Å². The van der Waals surface area contributed by atoms with Crippen molar-refractivity contribution in [3.63, 3.8) is 0 Å². The van der Waals surface area contributed by atoms with Crippen LogP contribution in [-0.2, 0) is 9.84 Å². The third kappa shape index (κ3) is 3.29. The molecule has 1 aromatic carbocycles. The Morgan fingerprint density at radius 3 is 2.76 bits per heavy atom. The van der Waals surface area contributed by atoms with Gasteiger partial charge in [0.15, 0.2) is 9.84 Å². The molecule has 0 aliphatic carbocycles. The molecule has 0 bridgehead atoms. The van der Waals surface area contributed by atoms with Crippen molar-refractivity contribution in [1.29, 1.82) is 0 Å². The van der Waals surface area contributed by atoms with Gasteiger partial charge < -0.3 is 5.32 Å². The molecule has 17 heavy (non-hydrogen) atoms. The molecule has 1 aliphatic heterocycles. The number of nitrogens with one attached hydrogen (secondary N) is 1.